The maximum absolute atomic E-state index is 11.9. The summed E-state index contributed by atoms with van der Waals surface area (Å²) in [4.78, 5) is 22.7. The summed E-state index contributed by atoms with van der Waals surface area (Å²) in [5.74, 6) is -0.541. The summed E-state index contributed by atoms with van der Waals surface area (Å²) in [7, 11) is 1.50. The second-order valence-electron chi connectivity index (χ2n) is 5.13. The Kier molecular flexibility index (Phi) is 5.54. The number of cyclic esters (lactones) is 1. The van der Waals surface area contributed by atoms with Crippen LogP contribution in [0, 0.1) is 0 Å². The van der Waals surface area contributed by atoms with E-state index in [0.29, 0.717) is 29.6 Å². The molecule has 6 heteroatoms. The molecule has 0 spiro atoms. The molecule has 1 unspecified atom stereocenters. The largest absolute Gasteiger partial charge is 0.508 e. The maximum Gasteiger partial charge on any atom is 0.334 e. The summed E-state index contributed by atoms with van der Waals surface area (Å²) in [6, 6.07) is 4.05. The molecule has 6 nitrogen and oxygen atoms in total. The van der Waals surface area contributed by atoms with Crippen molar-refractivity contribution in [2.45, 2.75) is 18.9 Å². The van der Waals surface area contributed by atoms with Crippen LogP contribution in [-0.4, -0.2) is 36.2 Å². The predicted octanol–water partition coefficient (Wildman–Crippen LogP) is 2.17. The smallest absolute Gasteiger partial charge is 0.334 e. The molecule has 1 aliphatic rings. The number of carbonyl (C=O) groups is 2. The Morgan fingerprint density at radius 2 is 2.17 bits per heavy atom. The van der Waals surface area contributed by atoms with Gasteiger partial charge in [-0.05, 0) is 37.1 Å². The Hall–Kier alpha value is -2.60. The molecule has 0 aromatic heterocycles. The summed E-state index contributed by atoms with van der Waals surface area (Å²) < 4.78 is 10.1. The van der Waals surface area contributed by atoms with E-state index in [4.69, 9.17) is 9.47 Å². The van der Waals surface area contributed by atoms with E-state index in [1.54, 1.807) is 12.2 Å². The molecule has 0 saturated heterocycles. The van der Waals surface area contributed by atoms with Crippen LogP contribution >= 0.6 is 0 Å². The van der Waals surface area contributed by atoms with E-state index in [-0.39, 0.29) is 18.1 Å². The van der Waals surface area contributed by atoms with Gasteiger partial charge in [0.15, 0.2) is 0 Å². The number of phenolic OH excluding ortho intramolecular Hbond substituents is 2. The number of carbonyl (C=O) groups excluding carboxylic acids is 2. The van der Waals surface area contributed by atoms with Gasteiger partial charge in [-0.15, -0.1) is 0 Å². The van der Waals surface area contributed by atoms with Crippen molar-refractivity contribution in [3.05, 3.63) is 47.1 Å². The average molecular weight is 318 g/mol. The summed E-state index contributed by atoms with van der Waals surface area (Å²) in [5, 5.41) is 19.3. The van der Waals surface area contributed by atoms with Gasteiger partial charge >= 0.3 is 5.97 Å². The molecule has 0 bridgehead atoms. The Labute approximate surface area is 133 Å². The van der Waals surface area contributed by atoms with Crippen LogP contribution in [0.1, 0.15) is 24.5 Å². The molecular weight excluding hydrogens is 300 g/mol. The zero-order valence-corrected chi connectivity index (χ0v) is 12.7. The van der Waals surface area contributed by atoms with Crippen LogP contribution in [0.15, 0.2) is 41.5 Å². The van der Waals surface area contributed by atoms with Gasteiger partial charge in [-0.3, -0.25) is 4.79 Å². The van der Waals surface area contributed by atoms with E-state index >= 15 is 0 Å². The highest BCUT2D eigenvalue weighted by Gasteiger charge is 2.28. The SMILES string of the molecule is COCC(C=O)=CCCC1=CC(c2cc(O)ccc2O)OC1=O. The van der Waals surface area contributed by atoms with Crippen LogP contribution in [-0.2, 0) is 19.1 Å². The number of hydrogen-bond acceptors (Lipinski definition) is 6. The van der Waals surface area contributed by atoms with Crippen LogP contribution in [0.3, 0.4) is 0 Å². The third-order valence-electron chi connectivity index (χ3n) is 3.45. The molecule has 2 rings (SSSR count). The van der Waals surface area contributed by atoms with Gasteiger partial charge in [-0.25, -0.2) is 4.79 Å². The second-order valence-corrected chi connectivity index (χ2v) is 5.13. The second kappa shape index (κ2) is 7.60. The zero-order valence-electron chi connectivity index (χ0n) is 12.7. The molecule has 0 radical (unpaired) electrons. The van der Waals surface area contributed by atoms with Crippen LogP contribution in [0.2, 0.25) is 0 Å². The van der Waals surface area contributed by atoms with Crippen molar-refractivity contribution in [1.82, 2.24) is 0 Å². The molecule has 1 aromatic rings. The van der Waals surface area contributed by atoms with Crippen LogP contribution in [0.4, 0.5) is 0 Å². The van der Waals surface area contributed by atoms with Gasteiger partial charge in [-0.1, -0.05) is 6.08 Å². The fourth-order valence-electron chi connectivity index (χ4n) is 2.31. The average Bonchev–Trinajstić information content (AvgIpc) is 2.89. The molecule has 0 amide bonds. The Bertz CT molecular complexity index is 659. The Balaban J connectivity index is 2.07. The standard InChI is InChI=1S/C17H18O6/c1-22-10-11(9-18)3-2-4-12-7-16(23-17(12)21)14-8-13(19)5-6-15(14)20/h3,5-9,16,19-20H,2,4,10H2,1H3. The molecule has 0 aliphatic carbocycles. The third-order valence-corrected chi connectivity index (χ3v) is 3.45. The minimum Gasteiger partial charge on any atom is -0.508 e. The van der Waals surface area contributed by atoms with Crippen LogP contribution in [0.5, 0.6) is 11.5 Å². The van der Waals surface area contributed by atoms with E-state index in [9.17, 15) is 19.8 Å². The van der Waals surface area contributed by atoms with Crippen LogP contribution in [0.25, 0.3) is 0 Å². The van der Waals surface area contributed by atoms with Gasteiger partial charge < -0.3 is 19.7 Å². The lowest BCUT2D eigenvalue weighted by Gasteiger charge is -2.10. The van der Waals surface area contributed by atoms with Crippen molar-refractivity contribution in [2.24, 2.45) is 0 Å². The highest BCUT2D eigenvalue weighted by molar-refractivity contribution is 5.91. The normalized spacial score (nSPS) is 17.8. The fraction of sp³-hybridized carbons (Fsp3) is 0.294. The number of allylic oxidation sites excluding steroid dienone is 1. The zero-order chi connectivity index (χ0) is 16.8. The van der Waals surface area contributed by atoms with E-state index in [1.807, 2.05) is 0 Å². The van der Waals surface area contributed by atoms with Gasteiger partial charge in [0.1, 0.15) is 23.9 Å². The fourth-order valence-corrected chi connectivity index (χ4v) is 2.31. The summed E-state index contributed by atoms with van der Waals surface area (Å²) in [6.07, 6.45) is 4.23. The topological polar surface area (TPSA) is 93.1 Å². The predicted molar refractivity (Wildman–Crippen MR) is 81.9 cm³/mol. The molecule has 1 aromatic carbocycles. The van der Waals surface area contributed by atoms with Gasteiger partial charge in [0.2, 0.25) is 0 Å². The van der Waals surface area contributed by atoms with Crippen molar-refractivity contribution < 1.29 is 29.3 Å². The van der Waals surface area contributed by atoms with E-state index < -0.39 is 12.1 Å². The van der Waals surface area contributed by atoms with E-state index in [0.717, 1.165) is 6.29 Å². The number of hydrogen-bond donors (Lipinski definition) is 2. The lowest BCUT2D eigenvalue weighted by molar-refractivity contribution is -0.140. The van der Waals surface area contributed by atoms with Crippen LogP contribution < -0.4 is 0 Å². The van der Waals surface area contributed by atoms with Gasteiger partial charge in [0.05, 0.1) is 6.61 Å². The lowest BCUT2D eigenvalue weighted by Crippen LogP contribution is -2.03. The first-order chi connectivity index (χ1) is 11.0. The number of esters is 1. The minimum atomic E-state index is -0.724. The van der Waals surface area contributed by atoms with Crippen molar-refractivity contribution in [3.63, 3.8) is 0 Å². The molecule has 2 N–H and O–H groups in total. The first-order valence-electron chi connectivity index (χ1n) is 7.12. The van der Waals surface area contributed by atoms with Crippen molar-refractivity contribution in [3.8, 4) is 11.5 Å². The number of benzene rings is 1. The maximum atomic E-state index is 11.9. The molecule has 122 valence electrons. The molecule has 1 aliphatic heterocycles. The number of aldehydes is 1. The number of aromatic hydroxyl groups is 2. The number of ether oxygens (including phenoxy) is 2. The number of phenols is 2. The molecule has 1 heterocycles. The summed E-state index contributed by atoms with van der Waals surface area (Å²) in [5.41, 5.74) is 1.31. The first kappa shape index (κ1) is 16.8. The van der Waals surface area contributed by atoms with Crippen molar-refractivity contribution in [1.29, 1.82) is 0 Å². The van der Waals surface area contributed by atoms with Gasteiger partial charge in [-0.2, -0.15) is 0 Å². The first-order valence-corrected chi connectivity index (χ1v) is 7.12. The summed E-state index contributed by atoms with van der Waals surface area (Å²) >= 11 is 0. The van der Waals surface area contributed by atoms with Crippen molar-refractivity contribution in [2.75, 3.05) is 13.7 Å². The Morgan fingerprint density at radius 3 is 2.87 bits per heavy atom. The van der Waals surface area contributed by atoms with Crippen molar-refractivity contribution >= 4 is 12.3 Å². The van der Waals surface area contributed by atoms with Gasteiger partial charge in [0.25, 0.3) is 0 Å². The summed E-state index contributed by atoms with van der Waals surface area (Å²) in [6.45, 7) is 0.229. The molecule has 1 atom stereocenters. The lowest BCUT2D eigenvalue weighted by atomic mass is 10.0. The minimum absolute atomic E-state index is 0.0196. The third kappa shape index (κ3) is 4.20. The molecule has 23 heavy (non-hydrogen) atoms. The number of methoxy groups -OCH3 is 1. The number of rotatable bonds is 7. The molecular formula is C17H18O6. The highest BCUT2D eigenvalue weighted by atomic mass is 16.5. The van der Waals surface area contributed by atoms with E-state index in [1.165, 1.54) is 25.3 Å². The molecule has 0 fully saturated rings. The van der Waals surface area contributed by atoms with E-state index in [2.05, 4.69) is 0 Å². The highest BCUT2D eigenvalue weighted by Crippen LogP contribution is 2.36. The van der Waals surface area contributed by atoms with Gasteiger partial charge in [0, 0.05) is 23.8 Å². The molecule has 0 saturated carbocycles. The quantitative estimate of drug-likeness (QED) is 0.346. The monoisotopic (exact) mass is 318 g/mol. The Morgan fingerprint density at radius 1 is 1.39 bits per heavy atom.